The summed E-state index contributed by atoms with van der Waals surface area (Å²) >= 11 is 1.74. The molecule has 0 saturated carbocycles. The number of nitrogens with one attached hydrogen (secondary N) is 1. The number of hydrogen-bond acceptors (Lipinski definition) is 4. The van der Waals surface area contributed by atoms with Gasteiger partial charge in [-0.2, -0.15) is 0 Å². The Kier molecular flexibility index (Phi) is 4.51. The zero-order valence-corrected chi connectivity index (χ0v) is 9.77. The second-order valence-corrected chi connectivity index (χ2v) is 4.94. The van der Waals surface area contributed by atoms with Crippen molar-refractivity contribution in [1.82, 2.24) is 10.3 Å². The van der Waals surface area contributed by atoms with Crippen molar-refractivity contribution in [2.24, 2.45) is 0 Å². The van der Waals surface area contributed by atoms with Crippen LogP contribution in [0.3, 0.4) is 0 Å². The predicted octanol–water partition coefficient (Wildman–Crippen LogP) is 1.74. The molecular weight excluding hydrogens is 196 g/mol. The van der Waals surface area contributed by atoms with Gasteiger partial charge in [-0.15, -0.1) is 11.3 Å². The summed E-state index contributed by atoms with van der Waals surface area (Å²) < 4.78 is 0. The van der Waals surface area contributed by atoms with E-state index in [2.05, 4.69) is 24.1 Å². The Hall–Kier alpha value is -0.450. The Labute approximate surface area is 89.2 Å². The molecule has 14 heavy (non-hydrogen) atoms. The van der Waals surface area contributed by atoms with E-state index in [0.717, 1.165) is 11.6 Å². The van der Waals surface area contributed by atoms with Gasteiger partial charge in [-0.25, -0.2) is 4.98 Å². The van der Waals surface area contributed by atoms with Gasteiger partial charge in [0.05, 0.1) is 6.10 Å². The zero-order chi connectivity index (χ0) is 10.6. The summed E-state index contributed by atoms with van der Waals surface area (Å²) in [5.41, 5.74) is 0. The van der Waals surface area contributed by atoms with Crippen molar-refractivity contribution in [3.8, 4) is 0 Å². The number of aliphatic hydroxyl groups is 1. The van der Waals surface area contributed by atoms with Crippen LogP contribution >= 0.6 is 11.3 Å². The first-order chi connectivity index (χ1) is 6.59. The minimum absolute atomic E-state index is 0.292. The molecule has 0 aliphatic heterocycles. The second-order valence-electron chi connectivity index (χ2n) is 3.79. The monoisotopic (exact) mass is 214 g/mol. The molecule has 0 bridgehead atoms. The van der Waals surface area contributed by atoms with Gasteiger partial charge in [-0.05, 0) is 12.8 Å². The number of thiazole rings is 1. The van der Waals surface area contributed by atoms with Crippen LogP contribution in [0.25, 0.3) is 0 Å². The Morgan fingerprint density at radius 3 is 2.71 bits per heavy atom. The molecule has 1 aromatic rings. The summed E-state index contributed by atoms with van der Waals surface area (Å²) in [6.07, 6.45) is 1.65. The smallest absolute Gasteiger partial charge is 0.107 e. The lowest BCUT2D eigenvalue weighted by molar-refractivity contribution is 0.191. The third kappa shape index (κ3) is 3.74. The molecule has 0 saturated heterocycles. The van der Waals surface area contributed by atoms with Crippen LogP contribution in [-0.2, 0) is 6.54 Å². The first kappa shape index (κ1) is 11.6. The third-order valence-electron chi connectivity index (χ3n) is 1.86. The lowest BCUT2D eigenvalue weighted by atomic mass is 10.2. The minimum Gasteiger partial charge on any atom is -0.392 e. The normalized spacial score (nSPS) is 13.5. The predicted molar refractivity (Wildman–Crippen MR) is 59.6 cm³/mol. The first-order valence-electron chi connectivity index (χ1n) is 4.93. The van der Waals surface area contributed by atoms with Crippen molar-refractivity contribution in [2.75, 3.05) is 6.54 Å². The highest BCUT2D eigenvalue weighted by Crippen LogP contribution is 2.21. The lowest BCUT2D eigenvalue weighted by Gasteiger charge is -2.04. The van der Waals surface area contributed by atoms with Crippen molar-refractivity contribution in [3.63, 3.8) is 0 Å². The van der Waals surface area contributed by atoms with Crippen molar-refractivity contribution < 1.29 is 5.11 Å². The van der Waals surface area contributed by atoms with Gasteiger partial charge in [0, 0.05) is 24.2 Å². The Bertz CT molecular complexity index is 271. The summed E-state index contributed by atoms with van der Waals surface area (Å²) in [5, 5.41) is 13.3. The van der Waals surface area contributed by atoms with Crippen LogP contribution in [0.5, 0.6) is 0 Å². The summed E-state index contributed by atoms with van der Waals surface area (Å²) in [7, 11) is 0. The van der Waals surface area contributed by atoms with Gasteiger partial charge < -0.3 is 10.4 Å². The molecule has 0 fully saturated rings. The van der Waals surface area contributed by atoms with Gasteiger partial charge in [0.1, 0.15) is 5.01 Å². The molecule has 0 amide bonds. The highest BCUT2D eigenvalue weighted by atomic mass is 32.1. The average Bonchev–Trinajstić information content (AvgIpc) is 2.52. The maximum Gasteiger partial charge on any atom is 0.107 e. The highest BCUT2D eigenvalue weighted by molar-refractivity contribution is 7.11. The van der Waals surface area contributed by atoms with Crippen LogP contribution in [-0.4, -0.2) is 22.7 Å². The van der Waals surface area contributed by atoms with E-state index >= 15 is 0 Å². The molecule has 4 heteroatoms. The molecule has 80 valence electrons. The number of rotatable bonds is 5. The molecule has 0 unspecified atom stereocenters. The van der Waals surface area contributed by atoms with Gasteiger partial charge in [0.2, 0.25) is 0 Å². The van der Waals surface area contributed by atoms with E-state index in [9.17, 15) is 0 Å². The van der Waals surface area contributed by atoms with E-state index in [-0.39, 0.29) is 6.10 Å². The standard InChI is InChI=1S/C10H18N2OS/c1-7(2)9-5-12-10(14-9)6-11-4-8(3)13/h5,7-8,11,13H,4,6H2,1-3H3/t8-/m1/s1. The fourth-order valence-corrected chi connectivity index (χ4v) is 1.95. The quantitative estimate of drug-likeness (QED) is 0.784. The summed E-state index contributed by atoms with van der Waals surface area (Å²) in [5.74, 6) is 0.554. The van der Waals surface area contributed by atoms with Crippen LogP contribution in [0.2, 0.25) is 0 Å². The number of hydrogen-bond donors (Lipinski definition) is 2. The summed E-state index contributed by atoms with van der Waals surface area (Å²) in [4.78, 5) is 5.63. The first-order valence-corrected chi connectivity index (χ1v) is 5.74. The second kappa shape index (κ2) is 5.44. The maximum atomic E-state index is 9.04. The van der Waals surface area contributed by atoms with Crippen molar-refractivity contribution in [1.29, 1.82) is 0 Å². The van der Waals surface area contributed by atoms with Crippen LogP contribution in [0.15, 0.2) is 6.20 Å². The van der Waals surface area contributed by atoms with Crippen molar-refractivity contribution >= 4 is 11.3 Å². The summed E-state index contributed by atoms with van der Waals surface area (Å²) in [6, 6.07) is 0. The van der Waals surface area contributed by atoms with Gasteiger partial charge in [-0.1, -0.05) is 13.8 Å². The molecule has 1 aromatic heterocycles. The summed E-state index contributed by atoms with van der Waals surface area (Å²) in [6.45, 7) is 7.48. The van der Waals surface area contributed by atoms with Crippen LogP contribution in [0.4, 0.5) is 0 Å². The van der Waals surface area contributed by atoms with Gasteiger partial charge in [0.25, 0.3) is 0 Å². The van der Waals surface area contributed by atoms with E-state index in [0.29, 0.717) is 12.5 Å². The van der Waals surface area contributed by atoms with Crippen LogP contribution < -0.4 is 5.32 Å². The molecule has 1 rings (SSSR count). The van der Waals surface area contributed by atoms with Gasteiger partial charge in [0.15, 0.2) is 0 Å². The molecule has 0 radical (unpaired) electrons. The number of aliphatic hydroxyl groups excluding tert-OH is 1. The molecule has 0 aliphatic carbocycles. The maximum absolute atomic E-state index is 9.04. The third-order valence-corrected chi connectivity index (χ3v) is 3.15. The average molecular weight is 214 g/mol. The molecule has 0 spiro atoms. The topological polar surface area (TPSA) is 45.2 Å². The van der Waals surface area contributed by atoms with E-state index < -0.39 is 0 Å². The molecular formula is C10H18N2OS. The fourth-order valence-electron chi connectivity index (χ4n) is 1.06. The Morgan fingerprint density at radius 1 is 1.50 bits per heavy atom. The van der Waals surface area contributed by atoms with Crippen molar-refractivity contribution in [2.45, 2.75) is 39.3 Å². The van der Waals surface area contributed by atoms with E-state index in [1.54, 1.807) is 18.3 Å². The molecule has 1 atom stereocenters. The molecule has 0 aromatic carbocycles. The molecule has 1 heterocycles. The molecule has 2 N–H and O–H groups in total. The Morgan fingerprint density at radius 2 is 2.21 bits per heavy atom. The highest BCUT2D eigenvalue weighted by Gasteiger charge is 2.05. The Balaban J connectivity index is 2.36. The molecule has 3 nitrogen and oxygen atoms in total. The lowest BCUT2D eigenvalue weighted by Crippen LogP contribution is -2.23. The van der Waals surface area contributed by atoms with Crippen LogP contribution in [0, 0.1) is 0 Å². The molecule has 0 aliphatic rings. The SMILES string of the molecule is CC(C)c1cnc(CNC[C@@H](C)O)s1. The minimum atomic E-state index is -0.292. The zero-order valence-electron chi connectivity index (χ0n) is 8.95. The van der Waals surface area contributed by atoms with Gasteiger partial charge >= 0.3 is 0 Å². The van der Waals surface area contributed by atoms with Crippen molar-refractivity contribution in [3.05, 3.63) is 16.1 Å². The van der Waals surface area contributed by atoms with Gasteiger partial charge in [-0.3, -0.25) is 0 Å². The fraction of sp³-hybridized carbons (Fsp3) is 0.700. The van der Waals surface area contributed by atoms with E-state index in [4.69, 9.17) is 5.11 Å². The number of aromatic nitrogens is 1. The number of nitrogens with zero attached hydrogens (tertiary/aromatic N) is 1. The van der Waals surface area contributed by atoms with E-state index in [1.807, 2.05) is 6.20 Å². The van der Waals surface area contributed by atoms with E-state index in [1.165, 1.54) is 4.88 Å². The van der Waals surface area contributed by atoms with Crippen LogP contribution in [0.1, 0.15) is 36.6 Å². The largest absolute Gasteiger partial charge is 0.392 e.